The van der Waals surface area contributed by atoms with Gasteiger partial charge in [0.05, 0.1) is 15.5 Å². The molecule has 1 aliphatic rings. The Kier molecular flexibility index (Phi) is 4.73. The van der Waals surface area contributed by atoms with Gasteiger partial charge in [-0.3, -0.25) is 10.1 Å². The highest BCUT2D eigenvalue weighted by Crippen LogP contribution is 2.27. The molecule has 0 saturated carbocycles. The van der Waals surface area contributed by atoms with E-state index in [1.54, 1.807) is 6.08 Å². The van der Waals surface area contributed by atoms with Gasteiger partial charge in [-0.25, -0.2) is 9.79 Å². The zero-order valence-corrected chi connectivity index (χ0v) is 14.7. The predicted octanol–water partition coefficient (Wildman–Crippen LogP) is 3.66. The summed E-state index contributed by atoms with van der Waals surface area (Å²) < 4.78 is 5.14. The first-order valence-corrected chi connectivity index (χ1v) is 7.97. The van der Waals surface area contributed by atoms with Gasteiger partial charge >= 0.3 is 5.97 Å². The van der Waals surface area contributed by atoms with Gasteiger partial charge < -0.3 is 9.64 Å². The van der Waals surface area contributed by atoms with Crippen LogP contribution < -0.4 is 4.90 Å². The molecule has 7 nitrogen and oxygen atoms in total. The summed E-state index contributed by atoms with van der Waals surface area (Å²) in [4.78, 5) is 28.5. The Bertz CT molecular complexity index is 949. The number of nitrogens with zero attached hydrogens (tertiary/aromatic N) is 3. The van der Waals surface area contributed by atoms with Crippen molar-refractivity contribution in [1.82, 2.24) is 0 Å². The average molecular weight is 372 g/mol. The lowest BCUT2D eigenvalue weighted by molar-refractivity contribution is -0.384. The number of ether oxygens (including phenoxy) is 1. The van der Waals surface area contributed by atoms with E-state index in [-0.39, 0.29) is 27.9 Å². The summed E-state index contributed by atoms with van der Waals surface area (Å²) in [5, 5.41) is 11.1. The number of carbonyl (C=O) groups is 1. The lowest BCUT2D eigenvalue weighted by atomic mass is 10.1. The van der Waals surface area contributed by atoms with Crippen LogP contribution in [0.3, 0.4) is 0 Å². The third-order valence-corrected chi connectivity index (χ3v) is 4.05. The average Bonchev–Trinajstić information content (AvgIpc) is 2.96. The Morgan fingerprint density at radius 1 is 1.19 bits per heavy atom. The summed E-state index contributed by atoms with van der Waals surface area (Å²) >= 11 is 6.06. The second-order valence-corrected chi connectivity index (χ2v) is 6.15. The third kappa shape index (κ3) is 3.57. The van der Waals surface area contributed by atoms with E-state index in [4.69, 9.17) is 16.3 Å². The minimum atomic E-state index is -0.640. The van der Waals surface area contributed by atoms with E-state index in [1.165, 1.54) is 18.2 Å². The van der Waals surface area contributed by atoms with Crippen molar-refractivity contribution in [1.29, 1.82) is 0 Å². The largest absolute Gasteiger partial charge is 0.402 e. The quantitative estimate of drug-likeness (QED) is 0.354. The smallest absolute Gasteiger partial charge is 0.363 e. The van der Waals surface area contributed by atoms with Crippen molar-refractivity contribution in [2.75, 3.05) is 19.0 Å². The second-order valence-electron chi connectivity index (χ2n) is 5.74. The first kappa shape index (κ1) is 17.6. The first-order chi connectivity index (χ1) is 12.3. The van der Waals surface area contributed by atoms with Crippen LogP contribution in [0.1, 0.15) is 11.1 Å². The third-order valence-electron chi connectivity index (χ3n) is 3.72. The van der Waals surface area contributed by atoms with E-state index < -0.39 is 10.9 Å². The molecule has 0 N–H and O–H groups in total. The lowest BCUT2D eigenvalue weighted by Crippen LogP contribution is -2.08. The lowest BCUT2D eigenvalue weighted by Gasteiger charge is -2.11. The van der Waals surface area contributed by atoms with Crippen LogP contribution >= 0.6 is 11.6 Å². The molecule has 132 valence electrons. The number of hydrogen-bond donors (Lipinski definition) is 0. The van der Waals surface area contributed by atoms with Crippen LogP contribution in [-0.4, -0.2) is 30.9 Å². The molecule has 26 heavy (non-hydrogen) atoms. The van der Waals surface area contributed by atoms with Crippen LogP contribution in [0.2, 0.25) is 5.02 Å². The van der Waals surface area contributed by atoms with Crippen molar-refractivity contribution in [2.24, 2.45) is 4.99 Å². The summed E-state index contributed by atoms with van der Waals surface area (Å²) in [6, 6.07) is 11.4. The molecule has 3 rings (SSSR count). The highest BCUT2D eigenvalue weighted by molar-refractivity contribution is 6.34. The van der Waals surface area contributed by atoms with Crippen LogP contribution in [0.25, 0.3) is 6.08 Å². The highest BCUT2D eigenvalue weighted by atomic mass is 35.5. The molecule has 1 aliphatic heterocycles. The SMILES string of the molecule is CN(C)c1ccc(/C=C2\N=C(c3cc([N+](=O)[O-])ccc3Cl)OC2=O)cc1. The van der Waals surface area contributed by atoms with Crippen molar-refractivity contribution in [3.63, 3.8) is 0 Å². The van der Waals surface area contributed by atoms with Gasteiger partial charge in [0.1, 0.15) is 0 Å². The van der Waals surface area contributed by atoms with Crippen LogP contribution in [0.5, 0.6) is 0 Å². The maximum atomic E-state index is 12.1. The molecule has 0 spiro atoms. The highest BCUT2D eigenvalue weighted by Gasteiger charge is 2.27. The van der Waals surface area contributed by atoms with Gasteiger partial charge in [0.25, 0.3) is 5.69 Å². The minimum Gasteiger partial charge on any atom is -0.402 e. The monoisotopic (exact) mass is 371 g/mol. The first-order valence-electron chi connectivity index (χ1n) is 7.59. The number of benzene rings is 2. The summed E-state index contributed by atoms with van der Waals surface area (Å²) in [6.07, 6.45) is 1.58. The maximum Gasteiger partial charge on any atom is 0.363 e. The molecule has 0 radical (unpaired) electrons. The Morgan fingerprint density at radius 2 is 1.88 bits per heavy atom. The number of nitro benzene ring substituents is 1. The molecule has 0 amide bonds. The molecule has 0 saturated heterocycles. The summed E-state index contributed by atoms with van der Waals surface area (Å²) in [6.45, 7) is 0. The van der Waals surface area contributed by atoms with Gasteiger partial charge in [-0.2, -0.15) is 0 Å². The van der Waals surface area contributed by atoms with Crippen molar-refractivity contribution >= 4 is 40.9 Å². The predicted molar refractivity (Wildman–Crippen MR) is 99.5 cm³/mol. The molecule has 0 unspecified atom stereocenters. The fraction of sp³-hybridized carbons (Fsp3) is 0.111. The number of anilines is 1. The van der Waals surface area contributed by atoms with Crippen molar-refractivity contribution in [2.45, 2.75) is 0 Å². The number of rotatable bonds is 4. The zero-order chi connectivity index (χ0) is 18.8. The molecular formula is C18H14ClN3O4. The van der Waals surface area contributed by atoms with Gasteiger partial charge in [0.15, 0.2) is 5.70 Å². The van der Waals surface area contributed by atoms with Gasteiger partial charge in [0, 0.05) is 31.9 Å². The van der Waals surface area contributed by atoms with E-state index in [0.29, 0.717) is 0 Å². The number of carbonyl (C=O) groups excluding carboxylic acids is 1. The number of aliphatic imine (C=N–C) groups is 1. The van der Waals surface area contributed by atoms with E-state index in [9.17, 15) is 14.9 Å². The fourth-order valence-electron chi connectivity index (χ4n) is 2.34. The van der Waals surface area contributed by atoms with Crippen LogP contribution in [0, 0.1) is 10.1 Å². The van der Waals surface area contributed by atoms with Crippen LogP contribution in [0.15, 0.2) is 53.2 Å². The molecule has 0 aliphatic carbocycles. The Hall–Kier alpha value is -3.19. The molecule has 1 heterocycles. The topological polar surface area (TPSA) is 85.0 Å². The number of non-ortho nitro benzene ring substituents is 1. The molecular weight excluding hydrogens is 358 g/mol. The zero-order valence-electron chi connectivity index (χ0n) is 14.0. The van der Waals surface area contributed by atoms with Crippen molar-refractivity contribution in [3.8, 4) is 0 Å². The van der Waals surface area contributed by atoms with Gasteiger partial charge in [-0.1, -0.05) is 23.7 Å². The molecule has 2 aromatic carbocycles. The number of esters is 1. The fourth-order valence-corrected chi connectivity index (χ4v) is 2.54. The van der Waals surface area contributed by atoms with Crippen LogP contribution in [0.4, 0.5) is 11.4 Å². The molecule has 8 heteroatoms. The van der Waals surface area contributed by atoms with Crippen LogP contribution in [-0.2, 0) is 9.53 Å². The van der Waals surface area contributed by atoms with E-state index in [1.807, 2.05) is 43.3 Å². The Labute approximate surface area is 154 Å². The summed E-state index contributed by atoms with van der Waals surface area (Å²) in [5.74, 6) is -0.695. The molecule has 0 fully saturated rings. The summed E-state index contributed by atoms with van der Waals surface area (Å²) in [5.41, 5.74) is 1.92. The van der Waals surface area contributed by atoms with Crippen molar-refractivity contribution < 1.29 is 14.5 Å². The number of nitro groups is 1. The molecule has 0 atom stereocenters. The molecule has 0 bridgehead atoms. The molecule has 0 aromatic heterocycles. The minimum absolute atomic E-state index is 0.0557. The second kappa shape index (κ2) is 6.97. The van der Waals surface area contributed by atoms with Gasteiger partial charge in [-0.15, -0.1) is 0 Å². The summed E-state index contributed by atoms with van der Waals surface area (Å²) in [7, 11) is 3.86. The van der Waals surface area contributed by atoms with E-state index >= 15 is 0 Å². The Balaban J connectivity index is 1.94. The molecule has 2 aromatic rings. The van der Waals surface area contributed by atoms with Gasteiger partial charge in [-0.05, 0) is 29.8 Å². The maximum absolute atomic E-state index is 12.1. The van der Waals surface area contributed by atoms with E-state index in [0.717, 1.165) is 11.3 Å². The Morgan fingerprint density at radius 3 is 2.50 bits per heavy atom. The van der Waals surface area contributed by atoms with Gasteiger partial charge in [0.2, 0.25) is 5.90 Å². The standard InChI is InChI=1S/C18H14ClN3O4/c1-21(2)12-5-3-11(4-6-12)9-16-18(23)26-17(20-16)14-10-13(22(24)25)7-8-15(14)19/h3-10H,1-2H3/b16-9-. The van der Waals surface area contributed by atoms with Crippen molar-refractivity contribution in [3.05, 3.63) is 74.4 Å². The normalized spacial score (nSPS) is 15.0. The number of halogens is 1. The number of cyclic esters (lactones) is 1. The van der Waals surface area contributed by atoms with E-state index in [2.05, 4.69) is 4.99 Å². The number of hydrogen-bond acceptors (Lipinski definition) is 6.